The average molecular weight is 191 g/mol. The van der Waals surface area contributed by atoms with Crippen LogP contribution in [0, 0.1) is 5.92 Å². The van der Waals surface area contributed by atoms with Crippen molar-refractivity contribution in [2.24, 2.45) is 11.1 Å². The van der Waals surface area contributed by atoms with E-state index in [9.17, 15) is 0 Å². The lowest BCUT2D eigenvalue weighted by Gasteiger charge is -2.12. The fourth-order valence-corrected chi connectivity index (χ4v) is 2.14. The van der Waals surface area contributed by atoms with Crippen LogP contribution in [0.25, 0.3) is 0 Å². The SMILES string of the molecule is C1=CON=C(C2CCCCCC2)C=C1. The van der Waals surface area contributed by atoms with Crippen LogP contribution in [0.15, 0.2) is 29.6 Å². The number of nitrogens with zero attached hydrogens (tertiary/aromatic N) is 1. The normalized spacial score (nSPS) is 23.6. The van der Waals surface area contributed by atoms with Crippen LogP contribution in [0.4, 0.5) is 0 Å². The molecule has 0 radical (unpaired) electrons. The van der Waals surface area contributed by atoms with E-state index in [1.807, 2.05) is 12.2 Å². The summed E-state index contributed by atoms with van der Waals surface area (Å²) in [6, 6.07) is 0. The summed E-state index contributed by atoms with van der Waals surface area (Å²) in [5.41, 5.74) is 1.12. The van der Waals surface area contributed by atoms with Crippen LogP contribution < -0.4 is 0 Å². The van der Waals surface area contributed by atoms with Crippen LogP contribution in [0.3, 0.4) is 0 Å². The summed E-state index contributed by atoms with van der Waals surface area (Å²) in [6.07, 6.45) is 15.6. The molecule has 76 valence electrons. The summed E-state index contributed by atoms with van der Waals surface area (Å²) >= 11 is 0. The second-order valence-corrected chi connectivity index (χ2v) is 4.00. The first-order chi connectivity index (χ1) is 6.97. The zero-order valence-corrected chi connectivity index (χ0v) is 8.48. The van der Waals surface area contributed by atoms with E-state index >= 15 is 0 Å². The van der Waals surface area contributed by atoms with Crippen molar-refractivity contribution < 1.29 is 4.84 Å². The Balaban J connectivity index is 2.01. The first-order valence-electron chi connectivity index (χ1n) is 5.54. The Bertz CT molecular complexity index is 257. The molecule has 0 aromatic carbocycles. The molecule has 1 saturated carbocycles. The van der Waals surface area contributed by atoms with Crippen LogP contribution >= 0.6 is 0 Å². The molecule has 2 heteroatoms. The summed E-state index contributed by atoms with van der Waals surface area (Å²) < 4.78 is 0. The first-order valence-corrected chi connectivity index (χ1v) is 5.54. The summed E-state index contributed by atoms with van der Waals surface area (Å²) in [7, 11) is 0. The molecule has 1 fully saturated rings. The topological polar surface area (TPSA) is 21.6 Å². The van der Waals surface area contributed by atoms with Crippen molar-refractivity contribution in [1.29, 1.82) is 0 Å². The molecule has 0 aromatic heterocycles. The maximum absolute atomic E-state index is 5.05. The second kappa shape index (κ2) is 4.99. The molecule has 0 unspecified atom stereocenters. The third kappa shape index (κ3) is 2.47. The van der Waals surface area contributed by atoms with Gasteiger partial charge in [0.25, 0.3) is 0 Å². The molecule has 14 heavy (non-hydrogen) atoms. The third-order valence-electron chi connectivity index (χ3n) is 2.95. The van der Waals surface area contributed by atoms with E-state index in [4.69, 9.17) is 4.84 Å². The Morgan fingerprint density at radius 2 is 1.86 bits per heavy atom. The smallest absolute Gasteiger partial charge is 0.122 e. The van der Waals surface area contributed by atoms with Gasteiger partial charge in [-0.05, 0) is 25.0 Å². The van der Waals surface area contributed by atoms with Crippen molar-refractivity contribution in [3.8, 4) is 0 Å². The van der Waals surface area contributed by atoms with Crippen molar-refractivity contribution >= 4 is 5.71 Å². The number of rotatable bonds is 1. The molecule has 2 rings (SSSR count). The predicted octanol–water partition coefficient (Wildman–Crippen LogP) is 3.41. The molecule has 0 spiro atoms. The lowest BCUT2D eigenvalue weighted by Crippen LogP contribution is -2.11. The second-order valence-electron chi connectivity index (χ2n) is 4.00. The number of oxime groups is 1. The lowest BCUT2D eigenvalue weighted by molar-refractivity contribution is 0.266. The zero-order valence-electron chi connectivity index (χ0n) is 8.48. The van der Waals surface area contributed by atoms with Crippen molar-refractivity contribution in [3.05, 3.63) is 24.5 Å². The largest absolute Gasteiger partial charge is 0.365 e. The van der Waals surface area contributed by atoms with Gasteiger partial charge in [-0.1, -0.05) is 36.9 Å². The van der Waals surface area contributed by atoms with Crippen molar-refractivity contribution in [2.45, 2.75) is 38.5 Å². The minimum Gasteiger partial charge on any atom is -0.365 e. The number of hydrogen-bond acceptors (Lipinski definition) is 2. The summed E-state index contributed by atoms with van der Waals surface area (Å²) in [5, 5.41) is 4.13. The van der Waals surface area contributed by atoms with Gasteiger partial charge in [0.2, 0.25) is 0 Å². The van der Waals surface area contributed by atoms with Crippen molar-refractivity contribution in [1.82, 2.24) is 0 Å². The quantitative estimate of drug-likeness (QED) is 0.582. The van der Waals surface area contributed by atoms with E-state index in [1.165, 1.54) is 38.5 Å². The van der Waals surface area contributed by atoms with Gasteiger partial charge >= 0.3 is 0 Å². The number of allylic oxidation sites excluding steroid dienone is 3. The Hall–Kier alpha value is -1.05. The van der Waals surface area contributed by atoms with E-state index < -0.39 is 0 Å². The van der Waals surface area contributed by atoms with Crippen LogP contribution in [-0.2, 0) is 4.84 Å². The van der Waals surface area contributed by atoms with E-state index in [0.29, 0.717) is 5.92 Å². The molecule has 0 saturated heterocycles. The minimum absolute atomic E-state index is 0.619. The summed E-state index contributed by atoms with van der Waals surface area (Å²) in [6.45, 7) is 0. The predicted molar refractivity (Wildman–Crippen MR) is 58.0 cm³/mol. The lowest BCUT2D eigenvalue weighted by atomic mass is 9.94. The van der Waals surface area contributed by atoms with Crippen LogP contribution in [0.5, 0.6) is 0 Å². The molecular formula is C12H17NO. The molecule has 0 bridgehead atoms. The molecule has 0 atom stereocenters. The van der Waals surface area contributed by atoms with Gasteiger partial charge in [0.05, 0.1) is 5.71 Å². The monoisotopic (exact) mass is 191 g/mol. The zero-order chi connectivity index (χ0) is 9.64. The maximum Gasteiger partial charge on any atom is 0.122 e. The van der Waals surface area contributed by atoms with Gasteiger partial charge in [0, 0.05) is 5.92 Å². The molecule has 1 aliphatic heterocycles. The third-order valence-corrected chi connectivity index (χ3v) is 2.95. The molecule has 0 amide bonds. The molecule has 1 aliphatic carbocycles. The van der Waals surface area contributed by atoms with Gasteiger partial charge < -0.3 is 4.84 Å². The highest BCUT2D eigenvalue weighted by Crippen LogP contribution is 2.25. The Kier molecular flexibility index (Phi) is 3.39. The van der Waals surface area contributed by atoms with Crippen LogP contribution in [0.2, 0.25) is 0 Å². The van der Waals surface area contributed by atoms with E-state index in [2.05, 4.69) is 11.2 Å². The van der Waals surface area contributed by atoms with Gasteiger partial charge in [-0.3, -0.25) is 0 Å². The Labute approximate surface area is 85.3 Å². The van der Waals surface area contributed by atoms with Gasteiger partial charge in [0.1, 0.15) is 6.26 Å². The van der Waals surface area contributed by atoms with Gasteiger partial charge in [-0.25, -0.2) is 0 Å². The molecular weight excluding hydrogens is 174 g/mol. The van der Waals surface area contributed by atoms with E-state index in [1.54, 1.807) is 6.26 Å². The summed E-state index contributed by atoms with van der Waals surface area (Å²) in [4.78, 5) is 5.05. The molecule has 1 heterocycles. The van der Waals surface area contributed by atoms with Crippen molar-refractivity contribution in [3.63, 3.8) is 0 Å². The summed E-state index contributed by atoms with van der Waals surface area (Å²) in [5.74, 6) is 0.619. The minimum atomic E-state index is 0.619. The fraction of sp³-hybridized carbons (Fsp3) is 0.583. The van der Waals surface area contributed by atoms with E-state index in [0.717, 1.165) is 5.71 Å². The Morgan fingerprint density at radius 1 is 1.07 bits per heavy atom. The first kappa shape index (κ1) is 9.50. The van der Waals surface area contributed by atoms with Crippen LogP contribution in [0.1, 0.15) is 38.5 Å². The molecule has 0 N–H and O–H groups in total. The van der Waals surface area contributed by atoms with E-state index in [-0.39, 0.29) is 0 Å². The fourth-order valence-electron chi connectivity index (χ4n) is 2.14. The molecule has 2 aliphatic rings. The molecule has 0 aromatic rings. The maximum atomic E-state index is 5.05. The highest BCUT2D eigenvalue weighted by Gasteiger charge is 2.17. The highest BCUT2D eigenvalue weighted by molar-refractivity contribution is 5.96. The number of hydrogen-bond donors (Lipinski definition) is 0. The molecule has 2 nitrogen and oxygen atoms in total. The van der Waals surface area contributed by atoms with Crippen molar-refractivity contribution in [2.75, 3.05) is 0 Å². The van der Waals surface area contributed by atoms with Gasteiger partial charge in [0.15, 0.2) is 0 Å². The average Bonchev–Trinajstić information content (AvgIpc) is 2.62. The standard InChI is InChI=1S/C12H17NO/c1-2-4-8-11(7-3-1)12-9-5-6-10-14-13-12/h5-6,9-11H,1-4,7-8H2. The highest BCUT2D eigenvalue weighted by atomic mass is 16.6. The van der Waals surface area contributed by atoms with Crippen LogP contribution in [-0.4, -0.2) is 5.71 Å². The Morgan fingerprint density at radius 3 is 2.64 bits per heavy atom. The van der Waals surface area contributed by atoms with Gasteiger partial charge in [-0.15, -0.1) is 0 Å². The van der Waals surface area contributed by atoms with Gasteiger partial charge in [-0.2, -0.15) is 0 Å².